The topological polar surface area (TPSA) is 264 Å². The van der Waals surface area contributed by atoms with Crippen LogP contribution in [0.5, 0.6) is 0 Å². The van der Waals surface area contributed by atoms with Crippen LogP contribution in [0.2, 0.25) is 0 Å². The van der Waals surface area contributed by atoms with Gasteiger partial charge in [0.25, 0.3) is 0 Å². The van der Waals surface area contributed by atoms with Gasteiger partial charge in [-0.3, -0.25) is 0 Å². The molecule has 110 valence electrons. The van der Waals surface area contributed by atoms with Gasteiger partial charge in [-0.1, -0.05) is 0 Å². The van der Waals surface area contributed by atoms with Crippen LogP contribution in [-0.2, 0) is 4.79 Å². The minimum atomic E-state index is -2.20. The molecule has 0 radical (unpaired) electrons. The molecule has 0 unspecified atom stereocenters. The zero-order valence-corrected chi connectivity index (χ0v) is 8.61. The summed E-state index contributed by atoms with van der Waals surface area (Å²) in [6.07, 6.45) is -7.84. The molecule has 4 atom stereocenters. The summed E-state index contributed by atoms with van der Waals surface area (Å²) >= 11 is 0. The maximum absolute atomic E-state index is 10.1. The van der Waals surface area contributed by atoms with Gasteiger partial charge in [-0.25, -0.2) is 4.79 Å². The normalized spacial score (nSPS) is 15.6. The van der Waals surface area contributed by atoms with Crippen LogP contribution in [0.4, 0.5) is 0 Å². The van der Waals surface area contributed by atoms with Crippen molar-refractivity contribution in [2.24, 2.45) is 0 Å². The Morgan fingerprint density at radius 1 is 0.882 bits per heavy atom. The zero-order valence-electron chi connectivity index (χ0n) is 8.61. The van der Waals surface area contributed by atoms with E-state index in [9.17, 15) is 4.79 Å². The van der Waals surface area contributed by atoms with Crippen molar-refractivity contribution in [3.63, 3.8) is 0 Å². The van der Waals surface area contributed by atoms with Crippen molar-refractivity contribution in [2.45, 2.75) is 24.4 Å². The van der Waals surface area contributed by atoms with Gasteiger partial charge in [0.2, 0.25) is 0 Å². The van der Waals surface area contributed by atoms with Crippen LogP contribution in [0.15, 0.2) is 0 Å². The number of carboxylic acids is 1. The predicted molar refractivity (Wildman–Crippen MR) is 53.2 cm³/mol. The third kappa shape index (κ3) is 8.87. The lowest BCUT2D eigenvalue weighted by molar-refractivity contribution is -0.164. The van der Waals surface area contributed by atoms with Gasteiger partial charge in [0.15, 0.2) is 6.10 Å². The molecule has 14 N–H and O–H groups in total. The standard InChI is InChI=1S/C6H12O7.4H2O/c7-1-2(8)3(9)4(10)5(11)6(12)13;;;;/h2-5,7-11H,1H2,(H,12,13);4*1H2/t2-,3-,4+,5-;;;;/m1..../s1. The van der Waals surface area contributed by atoms with Gasteiger partial charge in [0.05, 0.1) is 6.61 Å². The van der Waals surface area contributed by atoms with Crippen molar-refractivity contribution in [3.05, 3.63) is 0 Å². The molecule has 0 rings (SSSR count). The second-order valence-electron chi connectivity index (χ2n) is 2.51. The summed E-state index contributed by atoms with van der Waals surface area (Å²) in [5.74, 6) is -1.73. The van der Waals surface area contributed by atoms with Crippen molar-refractivity contribution in [1.82, 2.24) is 0 Å². The van der Waals surface area contributed by atoms with E-state index in [1.807, 2.05) is 0 Å². The van der Waals surface area contributed by atoms with Crippen molar-refractivity contribution >= 4 is 5.97 Å². The van der Waals surface area contributed by atoms with Gasteiger partial charge in [-0.2, -0.15) is 0 Å². The number of aliphatic carboxylic acids is 1. The summed E-state index contributed by atoms with van der Waals surface area (Å²) in [5.41, 5.74) is 0. The molecule has 11 heteroatoms. The highest BCUT2D eigenvalue weighted by Crippen LogP contribution is 2.04. The van der Waals surface area contributed by atoms with E-state index in [2.05, 4.69) is 0 Å². The fraction of sp³-hybridized carbons (Fsp3) is 0.833. The largest absolute Gasteiger partial charge is 0.479 e. The Morgan fingerprint density at radius 2 is 1.24 bits per heavy atom. The van der Waals surface area contributed by atoms with E-state index in [1.165, 1.54) is 0 Å². The predicted octanol–water partition coefficient (Wildman–Crippen LogP) is -6.79. The number of aliphatic hydroxyl groups is 5. The fourth-order valence-electron chi connectivity index (χ4n) is 0.668. The molecular formula is C6H20O11. The highest BCUT2D eigenvalue weighted by molar-refractivity contribution is 5.72. The Hall–Kier alpha value is -0.890. The van der Waals surface area contributed by atoms with E-state index in [-0.39, 0.29) is 21.9 Å². The highest BCUT2D eigenvalue weighted by Gasteiger charge is 2.33. The molecule has 0 saturated heterocycles. The molecular weight excluding hydrogens is 248 g/mol. The fourth-order valence-corrected chi connectivity index (χ4v) is 0.668. The second kappa shape index (κ2) is 13.2. The van der Waals surface area contributed by atoms with Gasteiger partial charge < -0.3 is 52.5 Å². The Morgan fingerprint density at radius 3 is 1.47 bits per heavy atom. The molecule has 0 aromatic carbocycles. The first-order chi connectivity index (χ1) is 5.91. The van der Waals surface area contributed by atoms with Crippen LogP contribution in [0, 0.1) is 0 Å². The van der Waals surface area contributed by atoms with E-state index >= 15 is 0 Å². The molecule has 0 aromatic heterocycles. The zero-order chi connectivity index (χ0) is 10.6. The van der Waals surface area contributed by atoms with Crippen LogP contribution in [0.25, 0.3) is 0 Å². The van der Waals surface area contributed by atoms with E-state index < -0.39 is 37.0 Å². The molecule has 0 heterocycles. The first kappa shape index (κ1) is 29.8. The number of carboxylic acid groups (broad SMARTS) is 1. The average Bonchev–Trinajstić information content (AvgIpc) is 2.12. The summed E-state index contributed by atoms with van der Waals surface area (Å²) in [7, 11) is 0. The number of carbonyl (C=O) groups is 1. The van der Waals surface area contributed by atoms with Crippen LogP contribution < -0.4 is 0 Å². The van der Waals surface area contributed by atoms with Crippen molar-refractivity contribution in [2.75, 3.05) is 6.61 Å². The lowest BCUT2D eigenvalue weighted by Gasteiger charge is -2.23. The number of aliphatic hydroxyl groups excluding tert-OH is 5. The van der Waals surface area contributed by atoms with Crippen molar-refractivity contribution in [1.29, 1.82) is 0 Å². The Bertz CT molecular complexity index is 173. The average molecular weight is 268 g/mol. The number of hydrogen-bond acceptors (Lipinski definition) is 6. The summed E-state index contributed by atoms with van der Waals surface area (Å²) in [5, 5.41) is 51.8. The van der Waals surface area contributed by atoms with Gasteiger partial charge >= 0.3 is 5.97 Å². The summed E-state index contributed by atoms with van der Waals surface area (Å²) in [4.78, 5) is 10.1. The molecule has 0 aromatic rings. The molecule has 0 amide bonds. The molecule has 0 aliphatic carbocycles. The quantitative estimate of drug-likeness (QED) is 0.280. The summed E-state index contributed by atoms with van der Waals surface area (Å²) in [6, 6.07) is 0. The molecule has 17 heavy (non-hydrogen) atoms. The molecule has 0 bridgehead atoms. The summed E-state index contributed by atoms with van der Waals surface area (Å²) < 4.78 is 0. The third-order valence-electron chi connectivity index (χ3n) is 1.51. The number of rotatable bonds is 5. The Balaban J connectivity index is -0.000000120. The lowest BCUT2D eigenvalue weighted by Crippen LogP contribution is -2.48. The summed E-state index contributed by atoms with van der Waals surface area (Å²) in [6.45, 7) is -0.843. The molecule has 0 fully saturated rings. The minimum absolute atomic E-state index is 0. The monoisotopic (exact) mass is 268 g/mol. The molecule has 0 spiro atoms. The highest BCUT2D eigenvalue weighted by atomic mass is 16.4. The van der Waals surface area contributed by atoms with E-state index in [4.69, 9.17) is 30.6 Å². The van der Waals surface area contributed by atoms with Gasteiger partial charge in [-0.15, -0.1) is 0 Å². The van der Waals surface area contributed by atoms with Gasteiger partial charge in [0, 0.05) is 0 Å². The number of hydrogen-bond donors (Lipinski definition) is 6. The molecule has 0 aliphatic rings. The maximum atomic E-state index is 10.1. The lowest BCUT2D eigenvalue weighted by atomic mass is 10.0. The van der Waals surface area contributed by atoms with Crippen LogP contribution in [-0.4, -0.2) is 89.5 Å². The third-order valence-corrected chi connectivity index (χ3v) is 1.51. The van der Waals surface area contributed by atoms with E-state index in [0.29, 0.717) is 0 Å². The van der Waals surface area contributed by atoms with Crippen LogP contribution >= 0.6 is 0 Å². The van der Waals surface area contributed by atoms with Crippen LogP contribution in [0.1, 0.15) is 0 Å². The smallest absolute Gasteiger partial charge is 0.335 e. The first-order valence-electron chi connectivity index (χ1n) is 3.47. The Labute approximate surface area is 95.4 Å². The van der Waals surface area contributed by atoms with Crippen LogP contribution in [0.3, 0.4) is 0 Å². The maximum Gasteiger partial charge on any atom is 0.335 e. The SMILES string of the molecule is O.O.O.O.O=C(O)[C@H](O)[C@@H](O)[C@H](O)[C@H](O)CO. The van der Waals surface area contributed by atoms with Crippen molar-refractivity contribution in [3.8, 4) is 0 Å². The van der Waals surface area contributed by atoms with E-state index in [1.54, 1.807) is 0 Å². The van der Waals surface area contributed by atoms with Gasteiger partial charge in [0.1, 0.15) is 18.3 Å². The van der Waals surface area contributed by atoms with Crippen molar-refractivity contribution < 1.29 is 57.3 Å². The molecule has 0 aliphatic heterocycles. The molecule has 11 nitrogen and oxygen atoms in total. The second-order valence-corrected chi connectivity index (χ2v) is 2.51. The molecule has 0 saturated carbocycles. The minimum Gasteiger partial charge on any atom is -0.479 e. The van der Waals surface area contributed by atoms with E-state index in [0.717, 1.165) is 0 Å². The van der Waals surface area contributed by atoms with Gasteiger partial charge in [-0.05, 0) is 0 Å². The first-order valence-corrected chi connectivity index (χ1v) is 3.47. The Kier molecular flexibility index (Phi) is 23.1.